The molecule has 0 saturated heterocycles. The second kappa shape index (κ2) is 5.27. The van der Waals surface area contributed by atoms with Gasteiger partial charge in [0.15, 0.2) is 5.16 Å². The molecule has 0 aliphatic carbocycles. The molecule has 2 aromatic heterocycles. The molecule has 20 heavy (non-hydrogen) atoms. The van der Waals surface area contributed by atoms with Crippen molar-refractivity contribution in [3.63, 3.8) is 0 Å². The maximum absolute atomic E-state index is 9.14. The van der Waals surface area contributed by atoms with Crippen molar-refractivity contribution < 1.29 is 0 Å². The topological polar surface area (TPSA) is 62.5 Å². The second-order valence-electron chi connectivity index (χ2n) is 4.21. The van der Waals surface area contributed by atoms with Crippen LogP contribution in [0.3, 0.4) is 0 Å². The van der Waals surface area contributed by atoms with Gasteiger partial charge in [-0.25, -0.2) is 9.97 Å². The lowest BCUT2D eigenvalue weighted by Crippen LogP contribution is -1.90. The number of nitrogens with zero attached hydrogens (tertiary/aromatic N) is 4. The molecule has 0 aliphatic rings. The number of hydrogen-bond donors (Lipinski definition) is 0. The van der Waals surface area contributed by atoms with Crippen LogP contribution in [-0.2, 0) is 0 Å². The van der Waals surface area contributed by atoms with Crippen molar-refractivity contribution in [1.82, 2.24) is 15.0 Å². The number of aryl methyl sites for hydroxylation is 1. The Morgan fingerprint density at radius 2 is 2.00 bits per heavy atom. The highest BCUT2D eigenvalue weighted by molar-refractivity contribution is 7.99. The predicted molar refractivity (Wildman–Crippen MR) is 77.4 cm³/mol. The Morgan fingerprint density at radius 1 is 1.10 bits per heavy atom. The number of benzene rings is 1. The molecule has 0 radical (unpaired) electrons. The first-order chi connectivity index (χ1) is 9.78. The van der Waals surface area contributed by atoms with Crippen LogP contribution in [0.4, 0.5) is 0 Å². The fourth-order valence-corrected chi connectivity index (χ4v) is 2.80. The minimum absolute atomic E-state index is 0.627. The van der Waals surface area contributed by atoms with Crippen LogP contribution in [0, 0.1) is 18.3 Å². The zero-order valence-corrected chi connectivity index (χ0v) is 11.6. The van der Waals surface area contributed by atoms with E-state index >= 15 is 0 Å². The third-order valence-electron chi connectivity index (χ3n) is 2.83. The molecule has 96 valence electrons. The summed E-state index contributed by atoms with van der Waals surface area (Å²) < 4.78 is 0. The van der Waals surface area contributed by atoms with E-state index < -0.39 is 0 Å². The van der Waals surface area contributed by atoms with Crippen molar-refractivity contribution in [2.75, 3.05) is 0 Å². The summed E-state index contributed by atoms with van der Waals surface area (Å²) in [6.07, 6.45) is 3.47. The van der Waals surface area contributed by atoms with E-state index in [2.05, 4.69) is 21.0 Å². The summed E-state index contributed by atoms with van der Waals surface area (Å²) in [6, 6.07) is 11.5. The van der Waals surface area contributed by atoms with E-state index in [0.717, 1.165) is 21.5 Å². The van der Waals surface area contributed by atoms with Gasteiger partial charge in [-0.2, -0.15) is 5.26 Å². The molecule has 5 heteroatoms. The Bertz CT molecular complexity index is 823. The summed E-state index contributed by atoms with van der Waals surface area (Å²) in [5, 5.41) is 10.7. The van der Waals surface area contributed by atoms with Gasteiger partial charge in [0.05, 0.1) is 17.1 Å². The van der Waals surface area contributed by atoms with Crippen LogP contribution in [0.15, 0.2) is 52.8 Å². The second-order valence-corrected chi connectivity index (χ2v) is 5.21. The number of pyridine rings is 1. The summed E-state index contributed by atoms with van der Waals surface area (Å²) in [7, 11) is 0. The van der Waals surface area contributed by atoms with Crippen LogP contribution < -0.4 is 0 Å². The minimum atomic E-state index is 0.627. The third kappa shape index (κ3) is 2.33. The molecule has 0 atom stereocenters. The van der Waals surface area contributed by atoms with Crippen molar-refractivity contribution in [3.8, 4) is 6.07 Å². The molecule has 0 fully saturated rings. The number of fused-ring (bicyclic) bond motifs is 1. The van der Waals surface area contributed by atoms with Crippen LogP contribution in [0.5, 0.6) is 0 Å². The smallest absolute Gasteiger partial charge is 0.192 e. The fourth-order valence-electron chi connectivity index (χ4n) is 1.90. The maximum Gasteiger partial charge on any atom is 0.192 e. The number of nitriles is 1. The predicted octanol–water partition coefficient (Wildman–Crippen LogP) is 3.36. The fraction of sp³-hybridized carbons (Fsp3) is 0.0667. The lowest BCUT2D eigenvalue weighted by molar-refractivity contribution is 0.932. The first-order valence-corrected chi connectivity index (χ1v) is 6.85. The van der Waals surface area contributed by atoms with E-state index in [-0.39, 0.29) is 0 Å². The molecular weight excluding hydrogens is 268 g/mol. The Balaban J connectivity index is 2.11. The molecular formula is C15H10N4S. The average molecular weight is 278 g/mol. The standard InChI is InChI=1S/C15H10N4S/c1-10-6-8-18-15(19-10)20-13-5-4-11(9-16)12-3-2-7-17-14(12)13/h2-8H,1H3. The number of aromatic nitrogens is 3. The SMILES string of the molecule is Cc1ccnc(Sc2ccc(C#N)c3cccnc23)n1. The minimum Gasteiger partial charge on any atom is -0.255 e. The summed E-state index contributed by atoms with van der Waals surface area (Å²) in [5.41, 5.74) is 2.36. The van der Waals surface area contributed by atoms with Crippen LogP contribution in [0.2, 0.25) is 0 Å². The summed E-state index contributed by atoms with van der Waals surface area (Å²) in [5.74, 6) is 0. The van der Waals surface area contributed by atoms with Gasteiger partial charge < -0.3 is 0 Å². The number of hydrogen-bond acceptors (Lipinski definition) is 5. The van der Waals surface area contributed by atoms with E-state index in [9.17, 15) is 0 Å². The maximum atomic E-state index is 9.14. The molecule has 4 nitrogen and oxygen atoms in total. The average Bonchev–Trinajstić information content (AvgIpc) is 2.48. The molecule has 3 aromatic rings. The van der Waals surface area contributed by atoms with Gasteiger partial charge in [0.1, 0.15) is 0 Å². The molecule has 0 unspecified atom stereocenters. The first-order valence-electron chi connectivity index (χ1n) is 6.03. The highest BCUT2D eigenvalue weighted by Gasteiger charge is 2.09. The molecule has 2 heterocycles. The highest BCUT2D eigenvalue weighted by Crippen LogP contribution is 2.31. The van der Waals surface area contributed by atoms with Crippen LogP contribution >= 0.6 is 11.8 Å². The van der Waals surface area contributed by atoms with Gasteiger partial charge in [0.25, 0.3) is 0 Å². The van der Waals surface area contributed by atoms with E-state index in [0.29, 0.717) is 10.7 Å². The van der Waals surface area contributed by atoms with Gasteiger partial charge in [-0.1, -0.05) is 0 Å². The van der Waals surface area contributed by atoms with E-state index in [1.165, 1.54) is 11.8 Å². The molecule has 0 aliphatic heterocycles. The van der Waals surface area contributed by atoms with E-state index in [4.69, 9.17) is 5.26 Å². The lowest BCUT2D eigenvalue weighted by atomic mass is 10.1. The first kappa shape index (κ1) is 12.6. The Morgan fingerprint density at radius 3 is 2.80 bits per heavy atom. The van der Waals surface area contributed by atoms with Crippen molar-refractivity contribution in [1.29, 1.82) is 5.26 Å². The molecule has 1 aromatic carbocycles. The van der Waals surface area contributed by atoms with Gasteiger partial charge in [0, 0.05) is 28.4 Å². The third-order valence-corrected chi connectivity index (χ3v) is 3.76. The van der Waals surface area contributed by atoms with Gasteiger partial charge in [-0.05, 0) is 49.0 Å². The Kier molecular flexibility index (Phi) is 3.32. The Labute approximate surface area is 120 Å². The molecule has 0 bridgehead atoms. The van der Waals surface area contributed by atoms with E-state index in [1.807, 2.05) is 37.3 Å². The van der Waals surface area contributed by atoms with Crippen molar-refractivity contribution >= 4 is 22.7 Å². The molecule has 3 rings (SSSR count). The summed E-state index contributed by atoms with van der Waals surface area (Å²) in [4.78, 5) is 14.0. The summed E-state index contributed by atoms with van der Waals surface area (Å²) in [6.45, 7) is 1.93. The molecule has 0 amide bonds. The van der Waals surface area contributed by atoms with Gasteiger partial charge in [-0.3, -0.25) is 4.98 Å². The molecule has 0 spiro atoms. The zero-order valence-electron chi connectivity index (χ0n) is 10.7. The van der Waals surface area contributed by atoms with Gasteiger partial charge >= 0.3 is 0 Å². The van der Waals surface area contributed by atoms with Gasteiger partial charge in [-0.15, -0.1) is 0 Å². The number of rotatable bonds is 2. The van der Waals surface area contributed by atoms with Crippen molar-refractivity contribution in [2.45, 2.75) is 17.0 Å². The van der Waals surface area contributed by atoms with Crippen LogP contribution in [0.1, 0.15) is 11.3 Å². The largest absolute Gasteiger partial charge is 0.255 e. The van der Waals surface area contributed by atoms with Crippen molar-refractivity contribution in [2.24, 2.45) is 0 Å². The molecule has 0 N–H and O–H groups in total. The zero-order chi connectivity index (χ0) is 13.9. The quantitative estimate of drug-likeness (QED) is 0.673. The lowest BCUT2D eigenvalue weighted by Gasteiger charge is -2.06. The van der Waals surface area contributed by atoms with E-state index in [1.54, 1.807) is 12.4 Å². The Hall–Kier alpha value is -2.45. The summed E-state index contributed by atoms with van der Waals surface area (Å²) >= 11 is 1.46. The highest BCUT2D eigenvalue weighted by atomic mass is 32.2. The van der Waals surface area contributed by atoms with Crippen LogP contribution in [-0.4, -0.2) is 15.0 Å². The van der Waals surface area contributed by atoms with Gasteiger partial charge in [0.2, 0.25) is 0 Å². The van der Waals surface area contributed by atoms with Crippen LogP contribution in [0.25, 0.3) is 10.9 Å². The molecule has 0 saturated carbocycles. The normalized spacial score (nSPS) is 10.4. The monoisotopic (exact) mass is 278 g/mol. The van der Waals surface area contributed by atoms with Crippen molar-refractivity contribution in [3.05, 3.63) is 54.0 Å².